The molecule has 0 aromatic rings. The topological polar surface area (TPSA) is 107 Å². The average molecular weight is 694 g/mol. The van der Waals surface area contributed by atoms with Crippen molar-refractivity contribution >= 4 is 42.1 Å². The van der Waals surface area contributed by atoms with Gasteiger partial charge in [0, 0.05) is 17.4 Å². The van der Waals surface area contributed by atoms with Gasteiger partial charge in [0.05, 0.1) is 39.6 Å². The fourth-order valence-electron chi connectivity index (χ4n) is 3.17. The van der Waals surface area contributed by atoms with Crippen LogP contribution in [-0.2, 0) is 40.8 Å². The van der Waals surface area contributed by atoms with Gasteiger partial charge in [0.2, 0.25) is 0 Å². The summed E-state index contributed by atoms with van der Waals surface area (Å²) in [5, 5.41) is 0. The first kappa shape index (κ1) is 50.8. The quantitative estimate of drug-likeness (QED) is 0.0413. The van der Waals surface area contributed by atoms with Gasteiger partial charge in [0.25, 0.3) is 0 Å². The van der Waals surface area contributed by atoms with Crippen LogP contribution in [0.1, 0.15) is 157 Å². The minimum atomic E-state index is -2.20. The minimum Gasteiger partial charge on any atom is -0.311 e. The van der Waals surface area contributed by atoms with Crippen LogP contribution in [0.25, 0.3) is 0 Å². The molecule has 43 heavy (non-hydrogen) atoms. The lowest BCUT2D eigenvalue weighted by Crippen LogP contribution is -1.91. The average Bonchev–Trinajstić information content (AvgIpc) is 2.99. The van der Waals surface area contributed by atoms with E-state index >= 15 is 0 Å². The second-order valence-corrected chi connectivity index (χ2v) is 13.3. The summed E-state index contributed by atoms with van der Waals surface area (Å²) in [5.41, 5.74) is 0. The normalized spacial score (nSPS) is 10.8. The molecule has 3 radical (unpaired) electrons. The van der Waals surface area contributed by atoms with E-state index in [1.807, 2.05) is 0 Å². The number of unbranched alkanes of at least 4 members (excludes halogenated alkanes) is 12. The van der Waals surface area contributed by atoms with Crippen molar-refractivity contribution in [3.63, 3.8) is 0 Å². The van der Waals surface area contributed by atoms with E-state index in [1.54, 1.807) is 0 Å². The first-order chi connectivity index (χ1) is 20.4. The van der Waals surface area contributed by atoms with Gasteiger partial charge in [-0.1, -0.05) is 119 Å². The van der Waals surface area contributed by atoms with Gasteiger partial charge < -0.3 is 27.1 Å². The van der Waals surface area contributed by atoms with E-state index in [2.05, 4.69) is 41.5 Å². The third-order valence-corrected chi connectivity index (χ3v) is 8.45. The van der Waals surface area contributed by atoms with Gasteiger partial charge in [0.15, 0.2) is 0 Å². The zero-order chi connectivity index (χ0) is 31.9. The maximum Gasteiger partial charge on any atom is 0.319 e. The Labute approximate surface area is 279 Å². The number of hydrogen-bond acceptors (Lipinski definition) is 9. The molecule has 261 valence electrons. The van der Waals surface area contributed by atoms with E-state index in [0.717, 1.165) is 116 Å². The molecule has 0 heterocycles. The zero-order valence-corrected chi connectivity index (χ0v) is 32.9. The van der Waals surface area contributed by atoms with Crippen LogP contribution in [0.4, 0.5) is 0 Å². The molecule has 13 heteroatoms. The Morgan fingerprint density at radius 3 is 0.558 bits per heavy atom. The van der Waals surface area contributed by atoms with Crippen LogP contribution in [0, 0.1) is 0 Å². The maximum atomic E-state index is 11.1. The summed E-state index contributed by atoms with van der Waals surface area (Å²) in [6.07, 6.45) is 19.6. The zero-order valence-electron chi connectivity index (χ0n) is 28.7. The van der Waals surface area contributed by atoms with Crippen molar-refractivity contribution in [2.45, 2.75) is 157 Å². The van der Waals surface area contributed by atoms with Crippen molar-refractivity contribution in [3.8, 4) is 0 Å². The summed E-state index contributed by atoms with van der Waals surface area (Å²) in [4.78, 5) is 0. The molecule has 0 atom stereocenters. The second-order valence-electron chi connectivity index (χ2n) is 10.1. The van der Waals surface area contributed by atoms with Crippen molar-refractivity contribution < 1.29 is 40.8 Å². The molecule has 0 rings (SSSR count). The Bertz CT molecular complexity index is 459. The molecule has 0 spiro atoms. The molecule has 0 aliphatic heterocycles. The lowest BCUT2D eigenvalue weighted by Gasteiger charge is -2.04. The maximum absolute atomic E-state index is 11.1. The molecule has 0 unspecified atom stereocenters. The van der Waals surface area contributed by atoms with Crippen LogP contribution in [-0.4, -0.2) is 57.0 Å². The Morgan fingerprint density at radius 1 is 0.302 bits per heavy atom. The molecule has 0 aromatic heterocycles. The van der Waals surface area contributed by atoms with Gasteiger partial charge in [-0.05, 0) is 38.5 Å². The molecule has 0 aromatic carbocycles. The fourth-order valence-corrected chi connectivity index (χ4v) is 5.29. The highest BCUT2D eigenvalue weighted by molar-refractivity contribution is 7.33. The summed E-state index contributed by atoms with van der Waals surface area (Å²) in [6.45, 7) is 16.2. The fraction of sp³-hybridized carbons (Fsp3) is 1.00. The molecule has 0 aliphatic rings. The Morgan fingerprint density at radius 2 is 0.442 bits per heavy atom. The molecule has 0 aliphatic carbocycles. The predicted octanol–water partition coefficient (Wildman–Crippen LogP) is 11.0. The highest BCUT2D eigenvalue weighted by Crippen LogP contribution is 2.26. The Balaban J connectivity index is -0.000000262. The third kappa shape index (κ3) is 52.8. The molecule has 0 saturated carbocycles. The molecule has 9 nitrogen and oxygen atoms in total. The standard InChI is InChI=1S/3C10H23O3P.Al/c3*1-3-5-7-9-12-14(11)13-10-8-6-4-2;/h3*14H,3-10H2,1-2H3;. The summed E-state index contributed by atoms with van der Waals surface area (Å²) < 4.78 is 63.6. The van der Waals surface area contributed by atoms with Crippen molar-refractivity contribution in [2.75, 3.05) is 39.6 Å². The molecule has 0 saturated heterocycles. The van der Waals surface area contributed by atoms with E-state index in [1.165, 1.54) is 0 Å². The van der Waals surface area contributed by atoms with Crippen molar-refractivity contribution in [2.24, 2.45) is 0 Å². The van der Waals surface area contributed by atoms with E-state index in [4.69, 9.17) is 27.1 Å². The van der Waals surface area contributed by atoms with Crippen LogP contribution in [0.5, 0.6) is 0 Å². The largest absolute Gasteiger partial charge is 0.319 e. The molecular formula is C30H69AlO9P3. The minimum absolute atomic E-state index is 0. The Kier molecular flexibility index (Phi) is 56.0. The highest BCUT2D eigenvalue weighted by atomic mass is 31.1. The Hall–Kier alpha value is 0.982. The molecule has 0 amide bonds. The van der Waals surface area contributed by atoms with Crippen molar-refractivity contribution in [1.29, 1.82) is 0 Å². The van der Waals surface area contributed by atoms with Crippen LogP contribution >= 0.6 is 24.8 Å². The van der Waals surface area contributed by atoms with Gasteiger partial charge in [-0.15, -0.1) is 0 Å². The van der Waals surface area contributed by atoms with E-state index in [9.17, 15) is 13.7 Å². The molecule has 0 N–H and O–H groups in total. The summed E-state index contributed by atoms with van der Waals surface area (Å²) >= 11 is 0. The second kappa shape index (κ2) is 47.4. The van der Waals surface area contributed by atoms with Crippen molar-refractivity contribution in [1.82, 2.24) is 0 Å². The van der Waals surface area contributed by atoms with E-state index < -0.39 is 24.8 Å². The molecule has 0 bridgehead atoms. The van der Waals surface area contributed by atoms with Crippen molar-refractivity contribution in [3.05, 3.63) is 0 Å². The van der Waals surface area contributed by atoms with E-state index in [-0.39, 0.29) is 17.4 Å². The van der Waals surface area contributed by atoms with Crippen LogP contribution in [0.2, 0.25) is 0 Å². The van der Waals surface area contributed by atoms with Gasteiger partial charge in [-0.25, -0.2) is 0 Å². The highest BCUT2D eigenvalue weighted by Gasteiger charge is 2.00. The number of rotatable bonds is 30. The first-order valence-corrected chi connectivity index (χ1v) is 20.5. The third-order valence-electron chi connectivity index (χ3n) is 5.81. The van der Waals surface area contributed by atoms with Gasteiger partial charge >= 0.3 is 24.8 Å². The van der Waals surface area contributed by atoms with Crippen LogP contribution in [0.15, 0.2) is 0 Å². The number of hydrogen-bond donors (Lipinski definition) is 0. The van der Waals surface area contributed by atoms with Crippen LogP contribution < -0.4 is 0 Å². The summed E-state index contributed by atoms with van der Waals surface area (Å²) in [5.74, 6) is 0. The van der Waals surface area contributed by atoms with Gasteiger partial charge in [-0.3, -0.25) is 13.7 Å². The van der Waals surface area contributed by atoms with E-state index in [0.29, 0.717) is 39.6 Å². The lowest BCUT2D eigenvalue weighted by molar-refractivity contribution is 0.218. The van der Waals surface area contributed by atoms with Crippen LogP contribution in [0.3, 0.4) is 0 Å². The monoisotopic (exact) mass is 693 g/mol. The molecule has 0 fully saturated rings. The SMILES string of the molecule is CCCCCO[PH](=O)OCCCCC.CCCCCO[PH](=O)OCCCCC.CCCCCO[PH](=O)OCCCCC.[Al]. The first-order valence-electron chi connectivity index (χ1n) is 16.8. The summed E-state index contributed by atoms with van der Waals surface area (Å²) in [6, 6.07) is 0. The summed E-state index contributed by atoms with van der Waals surface area (Å²) in [7, 11) is -6.60. The lowest BCUT2D eigenvalue weighted by atomic mass is 10.3. The predicted molar refractivity (Wildman–Crippen MR) is 186 cm³/mol. The molecular weight excluding hydrogens is 624 g/mol. The smallest absolute Gasteiger partial charge is 0.311 e. The van der Waals surface area contributed by atoms with Gasteiger partial charge in [0.1, 0.15) is 0 Å². The van der Waals surface area contributed by atoms with Gasteiger partial charge in [-0.2, -0.15) is 0 Å².